The average molecular weight is 277 g/mol. The molecule has 0 spiro atoms. The third-order valence-corrected chi connectivity index (χ3v) is 3.79. The fourth-order valence-electron chi connectivity index (χ4n) is 2.70. The molecule has 1 fully saturated rings. The van der Waals surface area contributed by atoms with E-state index < -0.39 is 0 Å². The Morgan fingerprint density at radius 3 is 2.55 bits per heavy atom. The fraction of sp³-hybridized carbons (Fsp3) is 0.600. The summed E-state index contributed by atoms with van der Waals surface area (Å²) in [6.45, 7) is 0.0420. The summed E-state index contributed by atoms with van der Waals surface area (Å²) < 4.78 is 1.35. The van der Waals surface area contributed by atoms with Crippen molar-refractivity contribution in [1.29, 1.82) is 0 Å². The normalized spacial score (nSPS) is 17.2. The number of hydrogen-bond donors (Lipinski definition) is 2. The van der Waals surface area contributed by atoms with Crippen LogP contribution in [0.3, 0.4) is 0 Å². The van der Waals surface area contributed by atoms with Gasteiger partial charge < -0.3 is 15.6 Å². The van der Waals surface area contributed by atoms with Crippen LogP contribution in [0.1, 0.15) is 44.9 Å². The SMILES string of the molecule is Nc1ccc(=O)n(CC(=O)NC2CCCCCCC2)c1. The summed E-state index contributed by atoms with van der Waals surface area (Å²) in [5.74, 6) is -0.108. The summed E-state index contributed by atoms with van der Waals surface area (Å²) in [5, 5.41) is 3.04. The molecule has 1 aromatic heterocycles. The van der Waals surface area contributed by atoms with E-state index in [-0.39, 0.29) is 24.1 Å². The van der Waals surface area contributed by atoms with Crippen LogP contribution < -0.4 is 16.6 Å². The minimum Gasteiger partial charge on any atom is -0.398 e. The van der Waals surface area contributed by atoms with Gasteiger partial charge in [0.2, 0.25) is 5.91 Å². The van der Waals surface area contributed by atoms with E-state index in [0.717, 1.165) is 12.8 Å². The topological polar surface area (TPSA) is 77.1 Å². The second-order valence-corrected chi connectivity index (χ2v) is 5.54. The van der Waals surface area contributed by atoms with Gasteiger partial charge >= 0.3 is 0 Å². The van der Waals surface area contributed by atoms with Crippen molar-refractivity contribution in [2.24, 2.45) is 0 Å². The maximum atomic E-state index is 12.0. The number of pyridine rings is 1. The molecule has 5 nitrogen and oxygen atoms in total. The first-order chi connectivity index (χ1) is 9.65. The summed E-state index contributed by atoms with van der Waals surface area (Å²) in [6, 6.07) is 3.18. The molecule has 0 radical (unpaired) electrons. The van der Waals surface area contributed by atoms with Crippen LogP contribution in [0.2, 0.25) is 0 Å². The van der Waals surface area contributed by atoms with Crippen molar-refractivity contribution in [2.75, 3.05) is 5.73 Å². The largest absolute Gasteiger partial charge is 0.398 e. The van der Waals surface area contributed by atoms with E-state index >= 15 is 0 Å². The highest BCUT2D eigenvalue weighted by Gasteiger charge is 2.14. The number of anilines is 1. The lowest BCUT2D eigenvalue weighted by molar-refractivity contribution is -0.122. The van der Waals surface area contributed by atoms with Crippen molar-refractivity contribution in [1.82, 2.24) is 9.88 Å². The Morgan fingerprint density at radius 1 is 1.20 bits per heavy atom. The van der Waals surface area contributed by atoms with Crippen molar-refractivity contribution >= 4 is 11.6 Å². The number of nitrogens with zero attached hydrogens (tertiary/aromatic N) is 1. The number of rotatable bonds is 3. The molecule has 1 aliphatic carbocycles. The summed E-state index contributed by atoms with van der Waals surface area (Å²) in [4.78, 5) is 23.7. The van der Waals surface area contributed by atoms with Gasteiger partial charge in [-0.2, -0.15) is 0 Å². The maximum absolute atomic E-state index is 12.0. The lowest BCUT2D eigenvalue weighted by Gasteiger charge is -2.21. The quantitative estimate of drug-likeness (QED) is 0.882. The number of nitrogens with two attached hydrogens (primary N) is 1. The zero-order valence-electron chi connectivity index (χ0n) is 11.8. The maximum Gasteiger partial charge on any atom is 0.251 e. The summed E-state index contributed by atoms with van der Waals surface area (Å²) in [6.07, 6.45) is 9.74. The number of hydrogen-bond acceptors (Lipinski definition) is 3. The van der Waals surface area contributed by atoms with Crippen molar-refractivity contribution in [3.05, 3.63) is 28.7 Å². The molecule has 0 saturated heterocycles. The predicted molar refractivity (Wildman–Crippen MR) is 79.4 cm³/mol. The van der Waals surface area contributed by atoms with E-state index in [1.165, 1.54) is 48.9 Å². The van der Waals surface area contributed by atoms with Gasteiger partial charge in [0.25, 0.3) is 5.56 Å². The number of carbonyl (C=O) groups excluding carboxylic acids is 1. The molecule has 1 amide bonds. The second-order valence-electron chi connectivity index (χ2n) is 5.54. The predicted octanol–water partition coefficient (Wildman–Crippen LogP) is 1.66. The molecule has 1 saturated carbocycles. The molecule has 1 aliphatic rings. The first kappa shape index (κ1) is 14.6. The van der Waals surface area contributed by atoms with Gasteiger partial charge in [-0.05, 0) is 18.9 Å². The standard InChI is InChI=1S/C15H23N3O2/c16-12-8-9-15(20)18(10-12)11-14(19)17-13-6-4-2-1-3-5-7-13/h8-10,13H,1-7,11,16H2,(H,17,19). The Kier molecular flexibility index (Phi) is 5.21. The zero-order valence-corrected chi connectivity index (χ0v) is 11.8. The van der Waals surface area contributed by atoms with Gasteiger partial charge in [-0.1, -0.05) is 32.1 Å². The van der Waals surface area contributed by atoms with E-state index in [1.807, 2.05) is 0 Å². The number of carbonyl (C=O) groups is 1. The molecule has 110 valence electrons. The Morgan fingerprint density at radius 2 is 1.85 bits per heavy atom. The molecule has 1 aromatic rings. The summed E-state index contributed by atoms with van der Waals surface area (Å²) in [7, 11) is 0. The van der Waals surface area contributed by atoms with E-state index in [4.69, 9.17) is 5.73 Å². The van der Waals surface area contributed by atoms with E-state index in [2.05, 4.69) is 5.32 Å². The van der Waals surface area contributed by atoms with Gasteiger partial charge in [0, 0.05) is 24.0 Å². The molecule has 2 rings (SSSR count). The van der Waals surface area contributed by atoms with Crippen LogP contribution in [-0.2, 0) is 11.3 Å². The van der Waals surface area contributed by atoms with Gasteiger partial charge in [0.15, 0.2) is 0 Å². The first-order valence-electron chi connectivity index (χ1n) is 7.40. The van der Waals surface area contributed by atoms with E-state index in [1.54, 1.807) is 6.07 Å². The van der Waals surface area contributed by atoms with Crippen LogP contribution in [0.25, 0.3) is 0 Å². The fourth-order valence-corrected chi connectivity index (χ4v) is 2.70. The van der Waals surface area contributed by atoms with Crippen LogP contribution in [0.15, 0.2) is 23.1 Å². The second kappa shape index (κ2) is 7.12. The smallest absolute Gasteiger partial charge is 0.251 e. The number of amides is 1. The number of nitrogens with one attached hydrogen (secondary N) is 1. The third kappa shape index (κ3) is 4.40. The summed E-state index contributed by atoms with van der Waals surface area (Å²) in [5.41, 5.74) is 5.92. The van der Waals surface area contributed by atoms with Gasteiger partial charge in [-0.25, -0.2) is 0 Å². The van der Waals surface area contributed by atoms with Crippen LogP contribution >= 0.6 is 0 Å². The average Bonchev–Trinajstić information content (AvgIpc) is 2.37. The van der Waals surface area contributed by atoms with Gasteiger partial charge in [0.1, 0.15) is 6.54 Å². The van der Waals surface area contributed by atoms with Crippen LogP contribution in [-0.4, -0.2) is 16.5 Å². The van der Waals surface area contributed by atoms with E-state index in [9.17, 15) is 9.59 Å². The number of nitrogen functional groups attached to an aromatic ring is 1. The zero-order chi connectivity index (χ0) is 14.4. The molecule has 0 aromatic carbocycles. The monoisotopic (exact) mass is 277 g/mol. The molecule has 0 aliphatic heterocycles. The molecular weight excluding hydrogens is 254 g/mol. The minimum absolute atomic E-state index is 0.0420. The molecule has 5 heteroatoms. The third-order valence-electron chi connectivity index (χ3n) is 3.79. The van der Waals surface area contributed by atoms with Crippen molar-refractivity contribution < 1.29 is 4.79 Å². The van der Waals surface area contributed by atoms with Crippen LogP contribution in [0.4, 0.5) is 5.69 Å². The van der Waals surface area contributed by atoms with Crippen molar-refractivity contribution in [3.8, 4) is 0 Å². The lowest BCUT2D eigenvalue weighted by atomic mass is 9.97. The minimum atomic E-state index is -0.202. The molecule has 0 unspecified atom stereocenters. The lowest BCUT2D eigenvalue weighted by Crippen LogP contribution is -2.39. The highest BCUT2D eigenvalue weighted by molar-refractivity contribution is 5.76. The first-order valence-corrected chi connectivity index (χ1v) is 7.40. The Bertz CT molecular complexity index is 502. The van der Waals surface area contributed by atoms with Gasteiger partial charge in [-0.15, -0.1) is 0 Å². The van der Waals surface area contributed by atoms with E-state index in [0.29, 0.717) is 5.69 Å². The molecular formula is C15H23N3O2. The molecule has 20 heavy (non-hydrogen) atoms. The van der Waals surface area contributed by atoms with Crippen molar-refractivity contribution in [3.63, 3.8) is 0 Å². The Labute approximate surface area is 119 Å². The summed E-state index contributed by atoms with van der Waals surface area (Å²) >= 11 is 0. The van der Waals surface area contributed by atoms with Crippen molar-refractivity contribution in [2.45, 2.75) is 57.5 Å². The molecule has 0 atom stereocenters. The highest BCUT2D eigenvalue weighted by Crippen LogP contribution is 2.17. The molecule has 0 bridgehead atoms. The highest BCUT2D eigenvalue weighted by atomic mass is 16.2. The molecule has 3 N–H and O–H groups in total. The van der Waals surface area contributed by atoms with Crippen LogP contribution in [0.5, 0.6) is 0 Å². The Balaban J connectivity index is 1.90. The number of aromatic nitrogens is 1. The van der Waals surface area contributed by atoms with Crippen LogP contribution in [0, 0.1) is 0 Å². The van der Waals surface area contributed by atoms with Gasteiger partial charge in [0.05, 0.1) is 0 Å². The Hall–Kier alpha value is -1.78. The molecule has 1 heterocycles. The van der Waals surface area contributed by atoms with Gasteiger partial charge in [-0.3, -0.25) is 9.59 Å².